The Morgan fingerprint density at radius 1 is 1.40 bits per heavy atom. The van der Waals surface area contributed by atoms with Crippen molar-refractivity contribution in [3.05, 3.63) is 12.7 Å². The Morgan fingerprint density at radius 3 is 2.35 bits per heavy atom. The molecule has 0 heterocycles. The second kappa shape index (κ2) is 8.20. The fraction of sp³-hybridized carbons (Fsp3) is 0.800. The largest absolute Gasteiger partial charge is 0.457 e. The highest BCUT2D eigenvalue weighted by Crippen LogP contribution is 2.44. The van der Waals surface area contributed by atoms with Crippen molar-refractivity contribution in [2.45, 2.75) is 58.4 Å². The van der Waals surface area contributed by atoms with E-state index in [1.807, 2.05) is 0 Å². The molecule has 0 aliphatic rings. The Bertz CT molecular complexity index is 327. The summed E-state index contributed by atoms with van der Waals surface area (Å²) in [6, 6.07) is 0. The monoisotopic (exact) mass is 320 g/mol. The molecule has 0 N–H and O–H groups in total. The highest BCUT2D eigenvalue weighted by atomic mass is 35.5. The number of halogens is 1. The van der Waals surface area contributed by atoms with Crippen LogP contribution < -0.4 is 0 Å². The number of hydrogen-bond acceptors (Lipinski definition) is 3. The summed E-state index contributed by atoms with van der Waals surface area (Å²) in [6.45, 7) is 17.7. The topological polar surface area (TPSA) is 35.5 Å². The summed E-state index contributed by atoms with van der Waals surface area (Å²) in [6.07, 6.45) is 1.92. The standard InChI is InChI=1S/C15H29ClO3Si/c1-8-13(19-14(17)11-16)9-10-18-20(6,7)15(4,5)12(2)3/h8,12-13H,1,9-11H2,2-7H3. The number of carbonyl (C=O) groups is 1. The van der Waals surface area contributed by atoms with Gasteiger partial charge in [0.15, 0.2) is 8.32 Å². The molecule has 0 aromatic carbocycles. The number of rotatable bonds is 9. The lowest BCUT2D eigenvalue weighted by atomic mass is 9.99. The van der Waals surface area contributed by atoms with Crippen molar-refractivity contribution in [2.24, 2.45) is 5.92 Å². The molecule has 3 nitrogen and oxygen atoms in total. The van der Waals surface area contributed by atoms with Crippen molar-refractivity contribution in [1.82, 2.24) is 0 Å². The number of carbonyl (C=O) groups excluding carboxylic acids is 1. The summed E-state index contributed by atoms with van der Waals surface area (Å²) < 4.78 is 11.3. The number of alkyl halides is 1. The second-order valence-electron chi connectivity index (χ2n) is 6.42. The minimum absolute atomic E-state index is 0.133. The first-order valence-corrected chi connectivity index (χ1v) is 10.5. The summed E-state index contributed by atoms with van der Waals surface area (Å²) in [4.78, 5) is 11.2. The van der Waals surface area contributed by atoms with E-state index in [0.29, 0.717) is 18.9 Å². The first-order valence-electron chi connectivity index (χ1n) is 7.10. The molecule has 0 fully saturated rings. The highest BCUT2D eigenvalue weighted by Gasteiger charge is 2.43. The van der Waals surface area contributed by atoms with Gasteiger partial charge in [-0.1, -0.05) is 40.3 Å². The molecule has 118 valence electrons. The SMILES string of the molecule is C=CC(CCO[Si](C)(C)C(C)(C)C(C)C)OC(=O)CCl. The van der Waals surface area contributed by atoms with Crippen LogP contribution in [0.1, 0.15) is 34.1 Å². The maximum Gasteiger partial charge on any atom is 0.321 e. The van der Waals surface area contributed by atoms with Crippen molar-refractivity contribution >= 4 is 25.9 Å². The average Bonchev–Trinajstić information content (AvgIpc) is 2.36. The Labute approximate surface area is 129 Å². The summed E-state index contributed by atoms with van der Waals surface area (Å²) in [7, 11) is -1.82. The van der Waals surface area contributed by atoms with E-state index in [0.717, 1.165) is 0 Å². The Balaban J connectivity index is 4.40. The van der Waals surface area contributed by atoms with E-state index in [1.165, 1.54) is 0 Å². The minimum atomic E-state index is -1.82. The summed E-state index contributed by atoms with van der Waals surface area (Å²) >= 11 is 5.42. The third-order valence-electron chi connectivity index (χ3n) is 4.52. The molecule has 0 saturated heterocycles. The molecule has 20 heavy (non-hydrogen) atoms. The molecule has 0 amide bonds. The van der Waals surface area contributed by atoms with E-state index in [9.17, 15) is 4.79 Å². The van der Waals surface area contributed by atoms with Crippen molar-refractivity contribution in [3.63, 3.8) is 0 Å². The molecule has 0 radical (unpaired) electrons. The molecule has 0 spiro atoms. The average molecular weight is 321 g/mol. The molecule has 0 rings (SSSR count). The van der Waals surface area contributed by atoms with Crippen LogP contribution >= 0.6 is 11.6 Å². The zero-order valence-electron chi connectivity index (χ0n) is 13.7. The summed E-state index contributed by atoms with van der Waals surface area (Å²) in [5.74, 6) is 0.00950. The molecule has 0 aliphatic carbocycles. The molecular formula is C15H29ClO3Si. The highest BCUT2D eigenvalue weighted by molar-refractivity contribution is 6.74. The summed E-state index contributed by atoms with van der Waals surface area (Å²) in [5.41, 5.74) is 0. The van der Waals surface area contributed by atoms with E-state index < -0.39 is 14.3 Å². The lowest BCUT2D eigenvalue weighted by Crippen LogP contribution is -2.45. The molecular weight excluding hydrogens is 292 g/mol. The number of esters is 1. The minimum Gasteiger partial charge on any atom is -0.457 e. The van der Waals surface area contributed by atoms with Crippen LogP contribution in [-0.2, 0) is 14.0 Å². The molecule has 0 aromatic rings. The Morgan fingerprint density at radius 2 is 1.95 bits per heavy atom. The van der Waals surface area contributed by atoms with Gasteiger partial charge in [0.05, 0.1) is 0 Å². The predicted molar refractivity (Wildman–Crippen MR) is 87.7 cm³/mol. The maximum atomic E-state index is 11.2. The van der Waals surface area contributed by atoms with Crippen molar-refractivity contribution in [2.75, 3.05) is 12.5 Å². The van der Waals surface area contributed by atoms with E-state index in [1.54, 1.807) is 6.08 Å². The Hall–Kier alpha value is -0.323. The van der Waals surface area contributed by atoms with Crippen LogP contribution in [0.3, 0.4) is 0 Å². The van der Waals surface area contributed by atoms with Crippen LogP contribution in [0.15, 0.2) is 12.7 Å². The van der Waals surface area contributed by atoms with Crippen LogP contribution in [0.2, 0.25) is 18.1 Å². The molecule has 0 bridgehead atoms. The van der Waals surface area contributed by atoms with E-state index >= 15 is 0 Å². The van der Waals surface area contributed by atoms with Crippen LogP contribution in [0, 0.1) is 5.92 Å². The van der Waals surface area contributed by atoms with Gasteiger partial charge in [-0.15, -0.1) is 11.6 Å². The zero-order chi connectivity index (χ0) is 16.0. The van der Waals surface area contributed by atoms with Gasteiger partial charge in [0, 0.05) is 13.0 Å². The molecule has 5 heteroatoms. The fourth-order valence-electron chi connectivity index (χ4n) is 1.74. The van der Waals surface area contributed by atoms with Gasteiger partial charge in [-0.2, -0.15) is 0 Å². The third-order valence-corrected chi connectivity index (χ3v) is 9.34. The van der Waals surface area contributed by atoms with Gasteiger partial charge in [0.2, 0.25) is 0 Å². The number of hydrogen-bond donors (Lipinski definition) is 0. The third kappa shape index (κ3) is 5.58. The van der Waals surface area contributed by atoms with Gasteiger partial charge in [-0.3, -0.25) is 4.79 Å². The van der Waals surface area contributed by atoms with Crippen LogP contribution in [0.4, 0.5) is 0 Å². The maximum absolute atomic E-state index is 11.2. The Kier molecular flexibility index (Phi) is 8.07. The van der Waals surface area contributed by atoms with Crippen LogP contribution in [-0.4, -0.2) is 32.9 Å². The number of ether oxygens (including phenoxy) is 1. The van der Waals surface area contributed by atoms with Gasteiger partial charge in [0.1, 0.15) is 12.0 Å². The van der Waals surface area contributed by atoms with Crippen LogP contribution in [0.5, 0.6) is 0 Å². The molecule has 1 unspecified atom stereocenters. The van der Waals surface area contributed by atoms with Gasteiger partial charge in [0.25, 0.3) is 0 Å². The van der Waals surface area contributed by atoms with Crippen molar-refractivity contribution < 1.29 is 14.0 Å². The molecule has 0 aliphatic heterocycles. The lowest BCUT2D eigenvalue weighted by molar-refractivity contribution is -0.144. The van der Waals surface area contributed by atoms with Crippen LogP contribution in [0.25, 0.3) is 0 Å². The molecule has 0 saturated carbocycles. The van der Waals surface area contributed by atoms with E-state index in [4.69, 9.17) is 20.8 Å². The lowest BCUT2D eigenvalue weighted by Gasteiger charge is -2.42. The van der Waals surface area contributed by atoms with E-state index in [2.05, 4.69) is 47.4 Å². The van der Waals surface area contributed by atoms with Gasteiger partial charge in [-0.25, -0.2) is 0 Å². The molecule has 1 atom stereocenters. The quantitative estimate of drug-likeness (QED) is 0.274. The first-order chi connectivity index (χ1) is 9.08. The first kappa shape index (κ1) is 19.7. The predicted octanol–water partition coefficient (Wildman–Crippen LogP) is 4.37. The summed E-state index contributed by atoms with van der Waals surface area (Å²) in [5, 5.41) is 0.184. The zero-order valence-corrected chi connectivity index (χ0v) is 15.4. The van der Waals surface area contributed by atoms with E-state index in [-0.39, 0.29) is 17.0 Å². The van der Waals surface area contributed by atoms with Gasteiger partial charge >= 0.3 is 5.97 Å². The molecule has 0 aromatic heterocycles. The van der Waals surface area contributed by atoms with Gasteiger partial charge in [-0.05, 0) is 24.1 Å². The smallest absolute Gasteiger partial charge is 0.321 e. The fourth-order valence-corrected chi connectivity index (χ4v) is 4.19. The van der Waals surface area contributed by atoms with Gasteiger partial charge < -0.3 is 9.16 Å². The van der Waals surface area contributed by atoms with Crippen molar-refractivity contribution in [3.8, 4) is 0 Å². The second-order valence-corrected chi connectivity index (χ2v) is 11.3. The van der Waals surface area contributed by atoms with Crippen molar-refractivity contribution in [1.29, 1.82) is 0 Å². The normalized spacial score (nSPS) is 14.2.